The molecule has 0 radical (unpaired) electrons. The molecule has 25 heavy (non-hydrogen) atoms. The Morgan fingerprint density at radius 2 is 2.04 bits per heavy atom. The number of nitrogens with one attached hydrogen (secondary N) is 2. The molecule has 0 spiro atoms. The minimum absolute atomic E-state index is 0.177. The van der Waals surface area contributed by atoms with Gasteiger partial charge in [0, 0.05) is 30.7 Å². The second-order valence-electron chi connectivity index (χ2n) is 5.32. The molecule has 8 nitrogen and oxygen atoms in total. The van der Waals surface area contributed by atoms with Gasteiger partial charge in [0.25, 0.3) is 5.91 Å². The molecule has 5 N–H and O–H groups in total. The molecule has 0 aliphatic heterocycles. The van der Waals surface area contributed by atoms with Crippen LogP contribution in [0.15, 0.2) is 18.2 Å². The number of hydrogen-bond acceptors (Lipinski definition) is 6. The van der Waals surface area contributed by atoms with Gasteiger partial charge >= 0.3 is 5.97 Å². The summed E-state index contributed by atoms with van der Waals surface area (Å²) in [4.78, 5) is 34.8. The van der Waals surface area contributed by atoms with Crippen LogP contribution in [0.1, 0.15) is 23.7 Å². The van der Waals surface area contributed by atoms with E-state index < -0.39 is 17.9 Å². The van der Waals surface area contributed by atoms with Crippen molar-refractivity contribution in [2.24, 2.45) is 0 Å². The van der Waals surface area contributed by atoms with E-state index in [0.29, 0.717) is 18.0 Å². The predicted molar refractivity (Wildman–Crippen MR) is 97.9 cm³/mol. The molecule has 1 unspecified atom stereocenters. The van der Waals surface area contributed by atoms with E-state index in [1.165, 1.54) is 36.9 Å². The lowest BCUT2D eigenvalue weighted by molar-refractivity contribution is -0.138. The number of anilines is 2. The van der Waals surface area contributed by atoms with Gasteiger partial charge in [-0.25, -0.2) is 0 Å². The van der Waals surface area contributed by atoms with E-state index in [0.717, 1.165) is 12.2 Å². The number of rotatable bonds is 10. The van der Waals surface area contributed by atoms with Crippen LogP contribution >= 0.6 is 11.8 Å². The van der Waals surface area contributed by atoms with Gasteiger partial charge in [0.15, 0.2) is 0 Å². The van der Waals surface area contributed by atoms with Crippen molar-refractivity contribution in [3.8, 4) is 0 Å². The van der Waals surface area contributed by atoms with E-state index in [9.17, 15) is 14.4 Å². The summed E-state index contributed by atoms with van der Waals surface area (Å²) in [7, 11) is 1.63. The van der Waals surface area contributed by atoms with Crippen LogP contribution in [0.2, 0.25) is 0 Å². The number of ether oxygens (including phenoxy) is 1. The third-order valence-electron chi connectivity index (χ3n) is 3.09. The minimum Gasteiger partial charge on any atom is -0.480 e. The van der Waals surface area contributed by atoms with Crippen LogP contribution in [0.3, 0.4) is 0 Å². The zero-order chi connectivity index (χ0) is 18.8. The van der Waals surface area contributed by atoms with Gasteiger partial charge in [0.2, 0.25) is 5.91 Å². The van der Waals surface area contributed by atoms with Gasteiger partial charge < -0.3 is 26.2 Å². The van der Waals surface area contributed by atoms with Crippen molar-refractivity contribution in [2.45, 2.75) is 19.4 Å². The average Bonchev–Trinajstić information content (AvgIpc) is 2.53. The number of thioether (sulfide) groups is 1. The minimum atomic E-state index is -1.14. The van der Waals surface area contributed by atoms with E-state index in [1.54, 1.807) is 7.11 Å². The fourth-order valence-electron chi connectivity index (χ4n) is 1.86. The number of carbonyl (C=O) groups is 3. The van der Waals surface area contributed by atoms with Crippen molar-refractivity contribution in [1.82, 2.24) is 5.32 Å². The number of methoxy groups -OCH3 is 1. The van der Waals surface area contributed by atoms with Gasteiger partial charge in [-0.15, -0.1) is 0 Å². The van der Waals surface area contributed by atoms with Gasteiger partial charge in [-0.1, -0.05) is 0 Å². The number of carboxylic acids is 1. The fraction of sp³-hybridized carbons (Fsp3) is 0.438. The number of hydrogen-bond donors (Lipinski definition) is 4. The third-order valence-corrected chi connectivity index (χ3v) is 4.13. The first-order valence-corrected chi connectivity index (χ1v) is 8.79. The first-order valence-electron chi connectivity index (χ1n) is 7.64. The number of benzene rings is 1. The van der Waals surface area contributed by atoms with Crippen molar-refractivity contribution in [3.63, 3.8) is 0 Å². The summed E-state index contributed by atoms with van der Waals surface area (Å²) in [6.45, 7) is 2.01. The predicted octanol–water partition coefficient (Wildman–Crippen LogP) is 1.18. The Kier molecular flexibility index (Phi) is 8.79. The molecule has 0 saturated heterocycles. The highest BCUT2D eigenvalue weighted by Gasteiger charge is 2.16. The number of carboxylic acid groups (broad SMARTS) is 1. The van der Waals surface area contributed by atoms with Gasteiger partial charge in [0.1, 0.15) is 6.04 Å². The van der Waals surface area contributed by atoms with Crippen LogP contribution < -0.4 is 16.4 Å². The van der Waals surface area contributed by atoms with Crippen LogP contribution in [-0.2, 0) is 14.3 Å². The molecular formula is C16H23N3O5S. The zero-order valence-corrected chi connectivity index (χ0v) is 15.0. The Labute approximate surface area is 150 Å². The molecule has 0 saturated carbocycles. The molecule has 9 heteroatoms. The first-order chi connectivity index (χ1) is 11.8. The average molecular weight is 369 g/mol. The Morgan fingerprint density at radius 3 is 2.68 bits per heavy atom. The van der Waals surface area contributed by atoms with Crippen molar-refractivity contribution in [1.29, 1.82) is 0 Å². The molecule has 1 atom stereocenters. The van der Waals surface area contributed by atoms with Crippen LogP contribution in [0.25, 0.3) is 0 Å². The Balaban J connectivity index is 2.63. The maximum absolute atomic E-state index is 12.1. The highest BCUT2D eigenvalue weighted by atomic mass is 32.2. The molecule has 1 aromatic carbocycles. The molecule has 1 rings (SSSR count). The molecule has 0 aliphatic rings. The summed E-state index contributed by atoms with van der Waals surface area (Å²) in [5.41, 5.74) is 6.60. The molecule has 0 bridgehead atoms. The quantitative estimate of drug-likeness (QED) is 0.360. The van der Waals surface area contributed by atoms with E-state index >= 15 is 0 Å². The van der Waals surface area contributed by atoms with Crippen molar-refractivity contribution in [3.05, 3.63) is 23.8 Å². The zero-order valence-electron chi connectivity index (χ0n) is 14.2. The second-order valence-corrected chi connectivity index (χ2v) is 6.43. The smallest absolute Gasteiger partial charge is 0.325 e. The Hall–Kier alpha value is -2.26. The third kappa shape index (κ3) is 7.90. The maximum atomic E-state index is 12.1. The van der Waals surface area contributed by atoms with Crippen LogP contribution in [-0.4, -0.2) is 54.2 Å². The normalized spacial score (nSPS) is 11.6. The first kappa shape index (κ1) is 20.8. The van der Waals surface area contributed by atoms with Crippen LogP contribution in [0.4, 0.5) is 11.4 Å². The van der Waals surface area contributed by atoms with Crippen molar-refractivity contribution < 1.29 is 24.2 Å². The number of nitrogen functional groups attached to an aromatic ring is 1. The van der Waals surface area contributed by atoms with E-state index in [-0.39, 0.29) is 17.2 Å². The lowest BCUT2D eigenvalue weighted by Crippen LogP contribution is -2.38. The molecule has 0 heterocycles. The standard InChI is InChI=1S/C16H23N3O5S/c1-10(16(22)23)18-15(21)11-6-12(17)8-13(7-11)19-14(20)9-25-5-3-4-24-2/h6-8,10H,3-5,9,17H2,1-2H3,(H,18,21)(H,19,20)(H,22,23). The summed E-state index contributed by atoms with van der Waals surface area (Å²) in [6, 6.07) is 3.37. The lowest BCUT2D eigenvalue weighted by atomic mass is 10.1. The summed E-state index contributed by atoms with van der Waals surface area (Å²) >= 11 is 1.48. The number of amides is 2. The number of aliphatic carboxylic acids is 1. The molecule has 0 aliphatic carbocycles. The Bertz CT molecular complexity index is 624. The van der Waals surface area contributed by atoms with E-state index in [4.69, 9.17) is 15.6 Å². The summed E-state index contributed by atoms with van der Waals surface area (Å²) in [5.74, 6) is -0.851. The number of nitrogens with two attached hydrogens (primary N) is 1. The lowest BCUT2D eigenvalue weighted by Gasteiger charge is -2.12. The second kappa shape index (κ2) is 10.6. The summed E-state index contributed by atoms with van der Waals surface area (Å²) in [6.07, 6.45) is 0.860. The highest BCUT2D eigenvalue weighted by molar-refractivity contribution is 7.99. The topological polar surface area (TPSA) is 131 Å². The Morgan fingerprint density at radius 1 is 1.32 bits per heavy atom. The number of carbonyl (C=O) groups excluding carboxylic acids is 2. The van der Waals surface area contributed by atoms with Crippen molar-refractivity contribution >= 4 is 40.9 Å². The monoisotopic (exact) mass is 369 g/mol. The maximum Gasteiger partial charge on any atom is 0.325 e. The summed E-state index contributed by atoms with van der Waals surface area (Å²) < 4.78 is 4.93. The molecule has 0 fully saturated rings. The largest absolute Gasteiger partial charge is 0.480 e. The van der Waals surface area contributed by atoms with Gasteiger partial charge in [-0.3, -0.25) is 14.4 Å². The molecule has 1 aromatic rings. The molecule has 0 aromatic heterocycles. The van der Waals surface area contributed by atoms with Crippen LogP contribution in [0, 0.1) is 0 Å². The summed E-state index contributed by atoms with van der Waals surface area (Å²) in [5, 5.41) is 13.8. The van der Waals surface area contributed by atoms with Gasteiger partial charge in [-0.05, 0) is 37.3 Å². The molecule has 2 amide bonds. The highest BCUT2D eigenvalue weighted by Crippen LogP contribution is 2.17. The SMILES string of the molecule is COCCCSCC(=O)Nc1cc(N)cc(C(=O)NC(C)C(=O)O)c1. The van der Waals surface area contributed by atoms with Gasteiger partial charge in [0.05, 0.1) is 5.75 Å². The molecule has 138 valence electrons. The fourth-order valence-corrected chi connectivity index (χ4v) is 2.59. The van der Waals surface area contributed by atoms with Crippen molar-refractivity contribution in [2.75, 3.05) is 36.3 Å². The molecular weight excluding hydrogens is 346 g/mol. The van der Waals surface area contributed by atoms with Gasteiger partial charge in [-0.2, -0.15) is 11.8 Å². The van der Waals surface area contributed by atoms with E-state index in [1.807, 2.05) is 0 Å². The van der Waals surface area contributed by atoms with Crippen LogP contribution in [0.5, 0.6) is 0 Å². The van der Waals surface area contributed by atoms with E-state index in [2.05, 4.69) is 10.6 Å².